The zero-order valence-corrected chi connectivity index (χ0v) is 16.9. The molecule has 0 amide bonds. The molecule has 1 fully saturated rings. The fraction of sp³-hybridized carbons (Fsp3) is 0.381. The van der Waals surface area contributed by atoms with Crippen molar-refractivity contribution in [1.82, 2.24) is 15.0 Å². The smallest absolute Gasteiger partial charge is 0.188 e. The van der Waals surface area contributed by atoms with Crippen molar-refractivity contribution < 1.29 is 14.2 Å². The maximum Gasteiger partial charge on any atom is 0.188 e. The quantitative estimate of drug-likeness (QED) is 0.433. The number of nitroso groups, excluding NO2 is 1. The third-order valence-corrected chi connectivity index (χ3v) is 4.93. The van der Waals surface area contributed by atoms with Gasteiger partial charge in [0.2, 0.25) is 0 Å². The van der Waals surface area contributed by atoms with Crippen LogP contribution in [0.4, 0.5) is 5.82 Å². The van der Waals surface area contributed by atoms with Gasteiger partial charge in [-0.1, -0.05) is 17.3 Å². The second-order valence-electron chi connectivity index (χ2n) is 6.97. The van der Waals surface area contributed by atoms with E-state index in [1.165, 1.54) is 0 Å². The number of hydrogen-bond donors (Lipinski definition) is 0. The number of anilines is 1. The first-order valence-electron chi connectivity index (χ1n) is 9.74. The summed E-state index contributed by atoms with van der Waals surface area (Å²) in [5, 5.41) is 3.11. The van der Waals surface area contributed by atoms with Crippen LogP contribution in [0.5, 0.6) is 5.75 Å². The zero-order valence-electron chi connectivity index (χ0n) is 16.9. The average Bonchev–Trinajstić information content (AvgIpc) is 2.81. The third-order valence-electron chi connectivity index (χ3n) is 4.93. The number of hydrogen-bond acceptors (Lipinski definition) is 9. The maximum atomic E-state index is 11.0. The van der Waals surface area contributed by atoms with Crippen LogP contribution >= 0.6 is 0 Å². The van der Waals surface area contributed by atoms with E-state index >= 15 is 0 Å². The number of morpholine rings is 1. The number of pyridine rings is 1. The minimum absolute atomic E-state index is 0.158. The Morgan fingerprint density at radius 2 is 2.07 bits per heavy atom. The lowest BCUT2D eigenvalue weighted by molar-refractivity contribution is 0.0511. The van der Waals surface area contributed by atoms with Crippen molar-refractivity contribution in [3.8, 4) is 17.1 Å². The fourth-order valence-corrected chi connectivity index (χ4v) is 3.28. The Hall–Kier alpha value is -3.17. The van der Waals surface area contributed by atoms with Crippen molar-refractivity contribution in [2.24, 2.45) is 5.18 Å². The Morgan fingerprint density at radius 3 is 2.83 bits per heavy atom. The lowest BCUT2D eigenvalue weighted by Crippen LogP contribution is -2.37. The van der Waals surface area contributed by atoms with Crippen LogP contribution in [0.2, 0.25) is 0 Å². The van der Waals surface area contributed by atoms with Crippen LogP contribution in [0, 0.1) is 4.91 Å². The topological polar surface area (TPSA) is 99.0 Å². The highest BCUT2D eigenvalue weighted by molar-refractivity contribution is 5.88. The van der Waals surface area contributed by atoms with Crippen LogP contribution in [0.15, 0.2) is 41.7 Å². The molecule has 1 saturated heterocycles. The highest BCUT2D eigenvalue weighted by atomic mass is 16.7. The molecule has 9 nitrogen and oxygen atoms in total. The first kappa shape index (κ1) is 20.1. The van der Waals surface area contributed by atoms with E-state index in [0.29, 0.717) is 41.4 Å². The summed E-state index contributed by atoms with van der Waals surface area (Å²) < 4.78 is 16.0. The third kappa shape index (κ3) is 4.22. The molecule has 0 aliphatic carbocycles. The molecule has 9 heteroatoms. The highest BCUT2D eigenvalue weighted by Crippen LogP contribution is 2.30. The van der Waals surface area contributed by atoms with Gasteiger partial charge >= 0.3 is 0 Å². The molecular formula is C21H23N5O4. The molecule has 1 aliphatic rings. The molecule has 1 aromatic carbocycles. The second kappa shape index (κ2) is 9.10. The van der Waals surface area contributed by atoms with Crippen LogP contribution in [-0.2, 0) is 9.47 Å². The Labute approximate surface area is 174 Å². The standard InChI is InChI=1S/C21H23N5O4/c1-14(25-27)16-11-18-19(22-12-16)21(26-6-8-29-9-7-26)24-20(23-18)15-4-3-5-17(10-15)30-13-28-2/h3-5,10-12,14H,6-9,13H2,1-2H3. The molecule has 1 aliphatic heterocycles. The average molecular weight is 409 g/mol. The van der Waals surface area contributed by atoms with E-state index in [-0.39, 0.29) is 6.79 Å². The highest BCUT2D eigenvalue weighted by Gasteiger charge is 2.20. The molecule has 30 heavy (non-hydrogen) atoms. The minimum Gasteiger partial charge on any atom is -0.468 e. The van der Waals surface area contributed by atoms with Gasteiger partial charge in [-0.2, -0.15) is 4.91 Å². The van der Waals surface area contributed by atoms with Gasteiger partial charge in [0.1, 0.15) is 17.3 Å². The normalized spacial score (nSPS) is 15.2. The summed E-state index contributed by atoms with van der Waals surface area (Å²) in [4.78, 5) is 27.3. The summed E-state index contributed by atoms with van der Waals surface area (Å²) >= 11 is 0. The summed E-state index contributed by atoms with van der Waals surface area (Å²) in [5.41, 5.74) is 2.88. The molecule has 1 unspecified atom stereocenters. The Morgan fingerprint density at radius 1 is 1.23 bits per heavy atom. The van der Waals surface area contributed by atoms with Gasteiger partial charge in [0, 0.05) is 37.5 Å². The Bertz CT molecular complexity index is 1040. The molecule has 156 valence electrons. The number of ether oxygens (including phenoxy) is 3. The van der Waals surface area contributed by atoms with E-state index in [1.807, 2.05) is 30.3 Å². The predicted molar refractivity (Wildman–Crippen MR) is 113 cm³/mol. The van der Waals surface area contributed by atoms with Gasteiger partial charge in [-0.05, 0) is 25.1 Å². The van der Waals surface area contributed by atoms with E-state index in [0.717, 1.165) is 24.5 Å². The summed E-state index contributed by atoms with van der Waals surface area (Å²) in [5.74, 6) is 1.97. The molecule has 0 N–H and O–H groups in total. The molecule has 1 atom stereocenters. The van der Waals surface area contributed by atoms with Gasteiger partial charge in [-0.15, -0.1) is 0 Å². The number of fused-ring (bicyclic) bond motifs is 1. The molecule has 0 spiro atoms. The first-order chi connectivity index (χ1) is 14.7. The van der Waals surface area contributed by atoms with E-state index in [4.69, 9.17) is 24.2 Å². The Kier molecular flexibility index (Phi) is 6.10. The largest absolute Gasteiger partial charge is 0.468 e. The first-order valence-corrected chi connectivity index (χ1v) is 9.74. The molecule has 3 heterocycles. The molecule has 3 aromatic rings. The number of methoxy groups -OCH3 is 1. The van der Waals surface area contributed by atoms with Crippen molar-refractivity contribution in [1.29, 1.82) is 0 Å². The maximum absolute atomic E-state index is 11.0. The molecule has 4 rings (SSSR count). The van der Waals surface area contributed by atoms with Crippen LogP contribution in [0.3, 0.4) is 0 Å². The Balaban J connectivity index is 1.83. The summed E-state index contributed by atoms with van der Waals surface area (Å²) in [6.07, 6.45) is 1.67. The summed E-state index contributed by atoms with van der Waals surface area (Å²) in [6, 6.07) is 8.89. The van der Waals surface area contributed by atoms with Crippen LogP contribution in [0.1, 0.15) is 18.5 Å². The number of rotatable bonds is 7. The van der Waals surface area contributed by atoms with Gasteiger partial charge in [0.25, 0.3) is 0 Å². The lowest BCUT2D eigenvalue weighted by atomic mass is 10.1. The van der Waals surface area contributed by atoms with Crippen molar-refractivity contribution >= 4 is 16.9 Å². The van der Waals surface area contributed by atoms with Crippen molar-refractivity contribution in [2.75, 3.05) is 45.1 Å². The van der Waals surface area contributed by atoms with Gasteiger partial charge in [0.15, 0.2) is 18.4 Å². The number of nitrogens with zero attached hydrogens (tertiary/aromatic N) is 5. The van der Waals surface area contributed by atoms with E-state index in [1.54, 1.807) is 20.2 Å². The molecular weight excluding hydrogens is 386 g/mol. The summed E-state index contributed by atoms with van der Waals surface area (Å²) in [6.45, 7) is 4.59. The molecule has 2 aromatic heterocycles. The van der Waals surface area contributed by atoms with Crippen molar-refractivity contribution in [3.63, 3.8) is 0 Å². The van der Waals surface area contributed by atoms with Crippen LogP contribution in [-0.4, -0.2) is 55.2 Å². The van der Waals surface area contributed by atoms with E-state index in [9.17, 15) is 4.91 Å². The van der Waals surface area contributed by atoms with Gasteiger partial charge < -0.3 is 19.1 Å². The van der Waals surface area contributed by atoms with Gasteiger partial charge in [-0.3, -0.25) is 4.98 Å². The van der Waals surface area contributed by atoms with Crippen LogP contribution < -0.4 is 9.64 Å². The number of aromatic nitrogens is 3. The van der Waals surface area contributed by atoms with Gasteiger partial charge in [-0.25, -0.2) is 9.97 Å². The second-order valence-corrected chi connectivity index (χ2v) is 6.97. The zero-order chi connectivity index (χ0) is 20.9. The SMILES string of the molecule is COCOc1cccc(-c2nc(N3CCOCC3)c3ncc(C(C)N=O)cc3n2)c1. The van der Waals surface area contributed by atoms with Crippen molar-refractivity contribution in [2.45, 2.75) is 13.0 Å². The number of benzene rings is 1. The van der Waals surface area contributed by atoms with Gasteiger partial charge in [0.05, 0.1) is 18.7 Å². The minimum atomic E-state index is -0.502. The monoisotopic (exact) mass is 409 g/mol. The van der Waals surface area contributed by atoms with Crippen molar-refractivity contribution in [3.05, 3.63) is 47.0 Å². The fourth-order valence-electron chi connectivity index (χ4n) is 3.28. The molecule has 0 bridgehead atoms. The summed E-state index contributed by atoms with van der Waals surface area (Å²) in [7, 11) is 1.57. The lowest BCUT2D eigenvalue weighted by Gasteiger charge is -2.28. The predicted octanol–water partition coefficient (Wildman–Crippen LogP) is 3.34. The molecule has 0 radical (unpaired) electrons. The van der Waals surface area contributed by atoms with E-state index < -0.39 is 6.04 Å². The molecule has 0 saturated carbocycles. The van der Waals surface area contributed by atoms with Crippen LogP contribution in [0.25, 0.3) is 22.4 Å². The van der Waals surface area contributed by atoms with E-state index in [2.05, 4.69) is 15.1 Å².